The summed E-state index contributed by atoms with van der Waals surface area (Å²) < 4.78 is 0. The van der Waals surface area contributed by atoms with Crippen LogP contribution in [0.25, 0.3) is 0 Å². The van der Waals surface area contributed by atoms with E-state index in [0.29, 0.717) is 12.1 Å². The molecule has 2 N–H and O–H groups in total. The first-order valence-electron chi connectivity index (χ1n) is 5.97. The SMILES string of the molecule is Cc1cccnc1CNC(C)CNC(C)C. The zero-order chi connectivity index (χ0) is 12.0. The summed E-state index contributed by atoms with van der Waals surface area (Å²) in [5.41, 5.74) is 2.39. The van der Waals surface area contributed by atoms with E-state index in [1.807, 2.05) is 12.3 Å². The lowest BCUT2D eigenvalue weighted by atomic mass is 10.2. The van der Waals surface area contributed by atoms with E-state index in [9.17, 15) is 0 Å². The molecule has 0 fully saturated rings. The molecule has 16 heavy (non-hydrogen) atoms. The van der Waals surface area contributed by atoms with Gasteiger partial charge >= 0.3 is 0 Å². The van der Waals surface area contributed by atoms with Gasteiger partial charge in [-0.2, -0.15) is 0 Å². The van der Waals surface area contributed by atoms with Crippen LogP contribution in [-0.4, -0.2) is 23.6 Å². The standard InChI is InChI=1S/C13H23N3/c1-10(2)15-8-12(4)16-9-13-11(3)6-5-7-14-13/h5-7,10,12,15-16H,8-9H2,1-4H3. The van der Waals surface area contributed by atoms with E-state index in [0.717, 1.165) is 18.8 Å². The van der Waals surface area contributed by atoms with Crippen LogP contribution in [0.2, 0.25) is 0 Å². The fourth-order valence-electron chi connectivity index (χ4n) is 1.46. The Hall–Kier alpha value is -0.930. The van der Waals surface area contributed by atoms with E-state index in [4.69, 9.17) is 0 Å². The maximum absolute atomic E-state index is 4.36. The van der Waals surface area contributed by atoms with E-state index in [2.05, 4.69) is 49.4 Å². The van der Waals surface area contributed by atoms with Crippen molar-refractivity contribution < 1.29 is 0 Å². The molecule has 0 aliphatic heterocycles. The zero-order valence-corrected chi connectivity index (χ0v) is 10.7. The Labute approximate surface area is 98.7 Å². The number of pyridine rings is 1. The number of nitrogens with zero attached hydrogens (tertiary/aromatic N) is 1. The van der Waals surface area contributed by atoms with Crippen LogP contribution >= 0.6 is 0 Å². The molecule has 1 aromatic rings. The molecule has 0 aliphatic rings. The third kappa shape index (κ3) is 4.73. The van der Waals surface area contributed by atoms with Gasteiger partial charge in [0.15, 0.2) is 0 Å². The van der Waals surface area contributed by atoms with Gasteiger partial charge in [-0.3, -0.25) is 4.98 Å². The average Bonchev–Trinajstić information content (AvgIpc) is 2.25. The minimum absolute atomic E-state index is 0.462. The van der Waals surface area contributed by atoms with Gasteiger partial charge in [0.25, 0.3) is 0 Å². The van der Waals surface area contributed by atoms with E-state index in [1.165, 1.54) is 5.56 Å². The molecule has 0 bridgehead atoms. The largest absolute Gasteiger partial charge is 0.313 e. The Morgan fingerprint density at radius 2 is 2.00 bits per heavy atom. The summed E-state index contributed by atoms with van der Waals surface area (Å²) in [6.07, 6.45) is 1.85. The quantitative estimate of drug-likeness (QED) is 0.770. The number of hydrogen-bond donors (Lipinski definition) is 2. The Balaban J connectivity index is 2.31. The monoisotopic (exact) mass is 221 g/mol. The molecule has 1 atom stereocenters. The first-order chi connectivity index (χ1) is 7.59. The average molecular weight is 221 g/mol. The van der Waals surface area contributed by atoms with E-state index in [-0.39, 0.29) is 0 Å². The lowest BCUT2D eigenvalue weighted by Gasteiger charge is -2.16. The molecule has 0 radical (unpaired) electrons. The molecule has 3 nitrogen and oxygen atoms in total. The van der Waals surface area contributed by atoms with E-state index in [1.54, 1.807) is 0 Å². The molecule has 1 heterocycles. The fourth-order valence-corrected chi connectivity index (χ4v) is 1.46. The van der Waals surface area contributed by atoms with Crippen LogP contribution in [0.3, 0.4) is 0 Å². The molecule has 0 aromatic carbocycles. The van der Waals surface area contributed by atoms with Crippen LogP contribution in [0.5, 0.6) is 0 Å². The third-order valence-corrected chi connectivity index (χ3v) is 2.57. The summed E-state index contributed by atoms with van der Waals surface area (Å²) >= 11 is 0. The maximum atomic E-state index is 4.36. The number of aromatic nitrogens is 1. The van der Waals surface area contributed by atoms with Crippen molar-refractivity contribution in [2.75, 3.05) is 6.54 Å². The number of hydrogen-bond acceptors (Lipinski definition) is 3. The predicted octanol–water partition coefficient (Wildman–Crippen LogP) is 1.87. The summed E-state index contributed by atoms with van der Waals surface area (Å²) in [4.78, 5) is 4.36. The Morgan fingerprint density at radius 3 is 2.62 bits per heavy atom. The minimum atomic E-state index is 0.462. The second-order valence-electron chi connectivity index (χ2n) is 4.61. The molecule has 3 heteroatoms. The van der Waals surface area contributed by atoms with Gasteiger partial charge in [-0.15, -0.1) is 0 Å². The van der Waals surface area contributed by atoms with Gasteiger partial charge in [0.1, 0.15) is 0 Å². The molecule has 0 amide bonds. The van der Waals surface area contributed by atoms with E-state index < -0.39 is 0 Å². The number of nitrogens with one attached hydrogen (secondary N) is 2. The van der Waals surface area contributed by atoms with Gasteiger partial charge in [-0.1, -0.05) is 19.9 Å². The number of aryl methyl sites for hydroxylation is 1. The maximum Gasteiger partial charge on any atom is 0.0570 e. The summed E-state index contributed by atoms with van der Waals surface area (Å²) in [6.45, 7) is 10.4. The Morgan fingerprint density at radius 1 is 1.25 bits per heavy atom. The normalized spacial score (nSPS) is 13.1. The van der Waals surface area contributed by atoms with Gasteiger partial charge in [0.2, 0.25) is 0 Å². The van der Waals surface area contributed by atoms with Crippen molar-refractivity contribution >= 4 is 0 Å². The van der Waals surface area contributed by atoms with Crippen molar-refractivity contribution in [1.82, 2.24) is 15.6 Å². The van der Waals surface area contributed by atoms with Crippen molar-refractivity contribution in [2.24, 2.45) is 0 Å². The van der Waals surface area contributed by atoms with E-state index >= 15 is 0 Å². The highest BCUT2D eigenvalue weighted by atomic mass is 15.0. The molecule has 1 aromatic heterocycles. The van der Waals surface area contributed by atoms with Crippen molar-refractivity contribution in [1.29, 1.82) is 0 Å². The second kappa shape index (κ2) is 6.61. The highest BCUT2D eigenvalue weighted by Gasteiger charge is 2.04. The molecule has 0 saturated carbocycles. The summed E-state index contributed by atoms with van der Waals surface area (Å²) in [7, 11) is 0. The summed E-state index contributed by atoms with van der Waals surface area (Å²) in [5, 5.41) is 6.88. The smallest absolute Gasteiger partial charge is 0.0570 e. The van der Waals surface area contributed by atoms with Crippen LogP contribution in [0.1, 0.15) is 32.0 Å². The van der Waals surface area contributed by atoms with Gasteiger partial charge in [-0.05, 0) is 25.5 Å². The molecule has 90 valence electrons. The predicted molar refractivity (Wildman–Crippen MR) is 68.4 cm³/mol. The molecular weight excluding hydrogens is 198 g/mol. The topological polar surface area (TPSA) is 37.0 Å². The van der Waals surface area contributed by atoms with Crippen LogP contribution in [-0.2, 0) is 6.54 Å². The minimum Gasteiger partial charge on any atom is -0.313 e. The van der Waals surface area contributed by atoms with Crippen molar-refractivity contribution in [3.63, 3.8) is 0 Å². The van der Waals surface area contributed by atoms with Gasteiger partial charge in [-0.25, -0.2) is 0 Å². The first kappa shape index (κ1) is 13.1. The highest BCUT2D eigenvalue weighted by Crippen LogP contribution is 2.02. The highest BCUT2D eigenvalue weighted by molar-refractivity contribution is 5.17. The molecule has 0 saturated heterocycles. The van der Waals surface area contributed by atoms with Crippen LogP contribution in [0.4, 0.5) is 0 Å². The summed E-state index contributed by atoms with van der Waals surface area (Å²) in [5.74, 6) is 0. The van der Waals surface area contributed by atoms with Crippen molar-refractivity contribution in [3.05, 3.63) is 29.6 Å². The Bertz CT molecular complexity index is 310. The van der Waals surface area contributed by atoms with Crippen LogP contribution in [0, 0.1) is 6.92 Å². The van der Waals surface area contributed by atoms with Gasteiger partial charge in [0, 0.05) is 31.4 Å². The van der Waals surface area contributed by atoms with Crippen molar-refractivity contribution in [3.8, 4) is 0 Å². The first-order valence-corrected chi connectivity index (χ1v) is 5.97. The molecular formula is C13H23N3. The van der Waals surface area contributed by atoms with Crippen LogP contribution in [0.15, 0.2) is 18.3 Å². The lowest BCUT2D eigenvalue weighted by molar-refractivity contribution is 0.471. The summed E-state index contributed by atoms with van der Waals surface area (Å²) in [6, 6.07) is 5.08. The molecule has 0 spiro atoms. The third-order valence-electron chi connectivity index (χ3n) is 2.57. The number of rotatable bonds is 6. The fraction of sp³-hybridized carbons (Fsp3) is 0.615. The van der Waals surface area contributed by atoms with Gasteiger partial charge < -0.3 is 10.6 Å². The molecule has 1 unspecified atom stereocenters. The molecule has 1 rings (SSSR count). The van der Waals surface area contributed by atoms with Gasteiger partial charge in [0.05, 0.1) is 5.69 Å². The lowest BCUT2D eigenvalue weighted by Crippen LogP contribution is -2.38. The molecule has 0 aliphatic carbocycles. The zero-order valence-electron chi connectivity index (χ0n) is 10.7. The second-order valence-corrected chi connectivity index (χ2v) is 4.61. The van der Waals surface area contributed by atoms with Crippen LogP contribution < -0.4 is 10.6 Å². The van der Waals surface area contributed by atoms with Crippen molar-refractivity contribution in [2.45, 2.75) is 46.3 Å². The Kier molecular flexibility index (Phi) is 5.43.